The predicted octanol–water partition coefficient (Wildman–Crippen LogP) is 5.57. The Morgan fingerprint density at radius 1 is 0.963 bits per heavy atom. The third-order valence-electron chi connectivity index (χ3n) is 4.47. The fourth-order valence-electron chi connectivity index (χ4n) is 2.88. The number of rotatable bonds is 7. The molecule has 3 aromatic carbocycles. The van der Waals surface area contributed by atoms with Crippen molar-refractivity contribution < 1.29 is 13.9 Å². The Labute approximate surface area is 158 Å². The molecule has 1 unspecified atom stereocenters. The Bertz CT molecular complexity index is 887. The van der Waals surface area contributed by atoms with Crippen LogP contribution in [0.5, 0.6) is 5.75 Å². The topological polar surface area (TPSA) is 38.3 Å². The van der Waals surface area contributed by atoms with E-state index in [2.05, 4.69) is 5.32 Å². The van der Waals surface area contributed by atoms with E-state index in [1.807, 2.05) is 55.5 Å². The van der Waals surface area contributed by atoms with Crippen molar-refractivity contribution in [3.05, 3.63) is 95.3 Å². The van der Waals surface area contributed by atoms with E-state index in [9.17, 15) is 9.18 Å². The van der Waals surface area contributed by atoms with Crippen LogP contribution < -0.4 is 10.1 Å². The number of carbonyl (C=O) groups is 1. The van der Waals surface area contributed by atoms with E-state index in [4.69, 9.17) is 4.74 Å². The second kappa shape index (κ2) is 8.49. The summed E-state index contributed by atoms with van der Waals surface area (Å²) < 4.78 is 18.4. The molecular weight excluding hydrogens is 341 g/mol. The molecule has 3 aromatic rings. The molecule has 138 valence electrons. The van der Waals surface area contributed by atoms with Gasteiger partial charge in [-0.3, -0.25) is 4.79 Å². The zero-order valence-electron chi connectivity index (χ0n) is 15.4. The fourth-order valence-corrected chi connectivity index (χ4v) is 2.88. The minimum absolute atomic E-state index is 0.0459. The molecular formula is C23H22FNO2. The molecule has 0 spiro atoms. The van der Waals surface area contributed by atoms with E-state index in [1.165, 1.54) is 29.8 Å². The van der Waals surface area contributed by atoms with Crippen LogP contribution in [0.3, 0.4) is 0 Å². The average molecular weight is 363 g/mol. The van der Waals surface area contributed by atoms with Crippen molar-refractivity contribution >= 4 is 11.5 Å². The van der Waals surface area contributed by atoms with Crippen molar-refractivity contribution in [2.75, 3.05) is 12.4 Å². The lowest BCUT2D eigenvalue weighted by molar-refractivity contribution is 0.0976. The van der Waals surface area contributed by atoms with Gasteiger partial charge in [-0.05, 0) is 61.0 Å². The highest BCUT2D eigenvalue weighted by molar-refractivity contribution is 5.96. The molecule has 0 aliphatic heterocycles. The van der Waals surface area contributed by atoms with Crippen molar-refractivity contribution in [3.8, 4) is 5.75 Å². The highest BCUT2D eigenvalue weighted by Gasteiger charge is 2.18. The zero-order chi connectivity index (χ0) is 19.2. The zero-order valence-corrected chi connectivity index (χ0v) is 15.4. The first kappa shape index (κ1) is 18.6. The van der Waals surface area contributed by atoms with Gasteiger partial charge in [0.05, 0.1) is 13.2 Å². The van der Waals surface area contributed by atoms with Crippen LogP contribution in [0.15, 0.2) is 72.8 Å². The number of halogens is 1. The minimum atomic E-state index is -0.351. The maximum absolute atomic E-state index is 13.1. The first-order chi connectivity index (χ1) is 13.0. The summed E-state index contributed by atoms with van der Waals surface area (Å²) in [5.41, 5.74) is 3.59. The van der Waals surface area contributed by atoms with Crippen molar-refractivity contribution in [1.82, 2.24) is 0 Å². The number of hydrogen-bond donors (Lipinski definition) is 1. The Balaban J connectivity index is 1.84. The molecule has 0 saturated heterocycles. The van der Waals surface area contributed by atoms with E-state index in [1.54, 1.807) is 7.11 Å². The molecule has 27 heavy (non-hydrogen) atoms. The van der Waals surface area contributed by atoms with Gasteiger partial charge in [-0.25, -0.2) is 4.39 Å². The summed E-state index contributed by atoms with van der Waals surface area (Å²) in [5.74, 6) is 0.365. The number of ether oxygens (including phenoxy) is 1. The molecule has 3 rings (SSSR count). The maximum atomic E-state index is 13.1. The van der Waals surface area contributed by atoms with Gasteiger partial charge in [-0.1, -0.05) is 29.8 Å². The quantitative estimate of drug-likeness (QED) is 0.558. The monoisotopic (exact) mass is 363 g/mol. The van der Waals surface area contributed by atoms with Crippen molar-refractivity contribution in [3.63, 3.8) is 0 Å². The van der Waals surface area contributed by atoms with Gasteiger partial charge in [0.25, 0.3) is 0 Å². The van der Waals surface area contributed by atoms with E-state index in [-0.39, 0.29) is 24.1 Å². The molecule has 0 aromatic heterocycles. The first-order valence-corrected chi connectivity index (χ1v) is 8.81. The summed E-state index contributed by atoms with van der Waals surface area (Å²) in [5, 5.41) is 3.44. The normalized spacial score (nSPS) is 11.7. The number of ketones is 1. The molecule has 1 atom stereocenters. The van der Waals surface area contributed by atoms with Crippen molar-refractivity contribution in [2.24, 2.45) is 0 Å². The molecule has 1 N–H and O–H groups in total. The van der Waals surface area contributed by atoms with Crippen molar-refractivity contribution in [1.29, 1.82) is 0 Å². The summed E-state index contributed by atoms with van der Waals surface area (Å²) in [4.78, 5) is 12.7. The third kappa shape index (κ3) is 4.94. The Hall–Kier alpha value is -3.14. The molecule has 0 fully saturated rings. The highest BCUT2D eigenvalue weighted by atomic mass is 19.1. The lowest BCUT2D eigenvalue weighted by Crippen LogP contribution is -2.16. The molecule has 0 amide bonds. The van der Waals surface area contributed by atoms with E-state index in [0.29, 0.717) is 5.56 Å². The lowest BCUT2D eigenvalue weighted by atomic mass is 9.97. The van der Waals surface area contributed by atoms with Crippen LogP contribution in [0.25, 0.3) is 0 Å². The van der Waals surface area contributed by atoms with Gasteiger partial charge < -0.3 is 10.1 Å². The van der Waals surface area contributed by atoms with Crippen LogP contribution in [0, 0.1) is 12.7 Å². The summed E-state index contributed by atoms with van der Waals surface area (Å²) in [6.45, 7) is 2.03. The smallest absolute Gasteiger partial charge is 0.165 e. The van der Waals surface area contributed by atoms with Gasteiger partial charge in [0.2, 0.25) is 0 Å². The van der Waals surface area contributed by atoms with Gasteiger partial charge in [-0.2, -0.15) is 0 Å². The SMILES string of the molecule is COc1ccc(C(CC(=O)c2ccc(F)cc2)Nc2ccc(C)cc2)cc1. The van der Waals surface area contributed by atoms with Gasteiger partial charge >= 0.3 is 0 Å². The third-order valence-corrected chi connectivity index (χ3v) is 4.47. The lowest BCUT2D eigenvalue weighted by Gasteiger charge is -2.20. The van der Waals surface area contributed by atoms with Gasteiger partial charge in [-0.15, -0.1) is 0 Å². The van der Waals surface area contributed by atoms with E-state index < -0.39 is 0 Å². The molecule has 0 heterocycles. The molecule has 3 nitrogen and oxygen atoms in total. The molecule has 0 aliphatic rings. The van der Waals surface area contributed by atoms with Crippen LogP contribution in [0.4, 0.5) is 10.1 Å². The van der Waals surface area contributed by atoms with Crippen LogP contribution in [-0.2, 0) is 0 Å². The summed E-state index contributed by atoms with van der Waals surface area (Å²) >= 11 is 0. The molecule has 0 aliphatic carbocycles. The Morgan fingerprint density at radius 3 is 2.19 bits per heavy atom. The molecule has 0 bridgehead atoms. The summed E-state index contributed by atoms with van der Waals surface area (Å²) in [6.07, 6.45) is 0.256. The number of Topliss-reactive ketones (excluding diaryl/α,β-unsaturated/α-hetero) is 1. The van der Waals surface area contributed by atoms with Crippen LogP contribution in [-0.4, -0.2) is 12.9 Å². The second-order valence-corrected chi connectivity index (χ2v) is 6.47. The maximum Gasteiger partial charge on any atom is 0.165 e. The Kier molecular flexibility index (Phi) is 5.87. The molecule has 4 heteroatoms. The summed E-state index contributed by atoms with van der Waals surface area (Å²) in [6, 6.07) is 21.1. The second-order valence-electron chi connectivity index (χ2n) is 6.47. The number of anilines is 1. The number of aryl methyl sites for hydroxylation is 1. The van der Waals surface area contributed by atoms with Crippen molar-refractivity contribution in [2.45, 2.75) is 19.4 Å². The van der Waals surface area contributed by atoms with E-state index >= 15 is 0 Å². The highest BCUT2D eigenvalue weighted by Crippen LogP contribution is 2.26. The first-order valence-electron chi connectivity index (χ1n) is 8.81. The average Bonchev–Trinajstić information content (AvgIpc) is 2.69. The molecule has 0 radical (unpaired) electrons. The number of benzene rings is 3. The Morgan fingerprint density at radius 2 is 1.59 bits per heavy atom. The van der Waals surface area contributed by atoms with Crippen LogP contribution in [0.1, 0.15) is 33.9 Å². The number of hydrogen-bond acceptors (Lipinski definition) is 3. The minimum Gasteiger partial charge on any atom is -0.497 e. The standard InChI is InChI=1S/C23H22FNO2/c1-16-3-11-20(12-4-16)25-22(17-7-13-21(27-2)14-8-17)15-23(26)18-5-9-19(24)10-6-18/h3-14,22,25H,15H2,1-2H3. The number of carbonyl (C=O) groups excluding carboxylic acids is 1. The number of methoxy groups -OCH3 is 1. The fraction of sp³-hybridized carbons (Fsp3) is 0.174. The largest absolute Gasteiger partial charge is 0.497 e. The van der Waals surface area contributed by atoms with Crippen LogP contribution >= 0.6 is 0 Å². The summed E-state index contributed by atoms with van der Waals surface area (Å²) in [7, 11) is 1.62. The van der Waals surface area contributed by atoms with Gasteiger partial charge in [0, 0.05) is 17.7 Å². The van der Waals surface area contributed by atoms with Crippen LogP contribution in [0.2, 0.25) is 0 Å². The van der Waals surface area contributed by atoms with E-state index in [0.717, 1.165) is 17.0 Å². The molecule has 0 saturated carbocycles. The van der Waals surface area contributed by atoms with Gasteiger partial charge in [0.15, 0.2) is 5.78 Å². The predicted molar refractivity (Wildman–Crippen MR) is 106 cm³/mol. The number of nitrogens with one attached hydrogen (secondary N) is 1. The van der Waals surface area contributed by atoms with Gasteiger partial charge in [0.1, 0.15) is 11.6 Å².